The summed E-state index contributed by atoms with van der Waals surface area (Å²) in [6.45, 7) is 1.74. The molecule has 15 heavy (non-hydrogen) atoms. The first-order valence-electron chi connectivity index (χ1n) is 4.68. The number of likely N-dealkylation sites (N-methyl/N-ethyl adjacent to an activating group) is 1. The molecule has 0 fully saturated rings. The highest BCUT2D eigenvalue weighted by molar-refractivity contribution is 5.96. The lowest BCUT2D eigenvalue weighted by atomic mass is 9.95. The van der Waals surface area contributed by atoms with Crippen molar-refractivity contribution >= 4 is 11.8 Å². The van der Waals surface area contributed by atoms with E-state index in [9.17, 15) is 9.59 Å². The van der Waals surface area contributed by atoms with Crippen LogP contribution in [-0.4, -0.2) is 18.9 Å². The molecular formula is C11H14N2O2. The minimum Gasteiger partial charge on any atom is -0.366 e. The highest BCUT2D eigenvalue weighted by atomic mass is 16.2. The zero-order valence-corrected chi connectivity index (χ0v) is 8.78. The van der Waals surface area contributed by atoms with Gasteiger partial charge in [-0.15, -0.1) is 0 Å². The Balaban J connectivity index is 3.13. The van der Waals surface area contributed by atoms with Gasteiger partial charge in [0.2, 0.25) is 11.8 Å². The SMILES string of the molecule is CNC(=O)[C@@H](C)c1ccccc1C(N)=O. The monoisotopic (exact) mass is 206 g/mol. The number of hydrogen-bond acceptors (Lipinski definition) is 2. The van der Waals surface area contributed by atoms with Crippen molar-refractivity contribution in [3.05, 3.63) is 35.4 Å². The molecule has 1 aromatic rings. The number of nitrogens with two attached hydrogens (primary N) is 1. The number of amides is 2. The molecule has 4 heteroatoms. The van der Waals surface area contributed by atoms with E-state index in [1.54, 1.807) is 38.2 Å². The van der Waals surface area contributed by atoms with Crippen molar-refractivity contribution in [3.63, 3.8) is 0 Å². The summed E-state index contributed by atoms with van der Waals surface area (Å²) in [6.07, 6.45) is 0. The molecule has 80 valence electrons. The Labute approximate surface area is 88.5 Å². The summed E-state index contributed by atoms with van der Waals surface area (Å²) in [5.74, 6) is -1.02. The summed E-state index contributed by atoms with van der Waals surface area (Å²) in [7, 11) is 1.56. The van der Waals surface area contributed by atoms with Gasteiger partial charge in [-0.1, -0.05) is 18.2 Å². The van der Waals surface area contributed by atoms with Crippen molar-refractivity contribution in [2.75, 3.05) is 7.05 Å². The van der Waals surface area contributed by atoms with Gasteiger partial charge >= 0.3 is 0 Å². The van der Waals surface area contributed by atoms with Crippen LogP contribution < -0.4 is 11.1 Å². The largest absolute Gasteiger partial charge is 0.366 e. The van der Waals surface area contributed by atoms with E-state index in [0.717, 1.165) is 0 Å². The van der Waals surface area contributed by atoms with Gasteiger partial charge in [0.25, 0.3) is 0 Å². The van der Waals surface area contributed by atoms with E-state index in [1.807, 2.05) is 0 Å². The van der Waals surface area contributed by atoms with E-state index in [-0.39, 0.29) is 11.8 Å². The highest BCUT2D eigenvalue weighted by Crippen LogP contribution is 2.19. The molecular weight excluding hydrogens is 192 g/mol. The second-order valence-electron chi connectivity index (χ2n) is 3.29. The average molecular weight is 206 g/mol. The van der Waals surface area contributed by atoms with E-state index in [0.29, 0.717) is 11.1 Å². The van der Waals surface area contributed by atoms with Crippen LogP contribution in [0.25, 0.3) is 0 Å². The van der Waals surface area contributed by atoms with Crippen LogP contribution >= 0.6 is 0 Å². The van der Waals surface area contributed by atoms with Crippen molar-refractivity contribution < 1.29 is 9.59 Å². The van der Waals surface area contributed by atoms with Gasteiger partial charge in [0, 0.05) is 12.6 Å². The van der Waals surface area contributed by atoms with Crippen LogP contribution in [-0.2, 0) is 4.79 Å². The summed E-state index contributed by atoms with van der Waals surface area (Å²) >= 11 is 0. The van der Waals surface area contributed by atoms with Gasteiger partial charge < -0.3 is 11.1 Å². The standard InChI is InChI=1S/C11H14N2O2/c1-7(11(15)13-2)8-5-3-4-6-9(8)10(12)14/h3-7H,1-2H3,(H2,12,14)(H,13,15)/t7-/m0/s1. The third-order valence-corrected chi connectivity index (χ3v) is 2.33. The second-order valence-corrected chi connectivity index (χ2v) is 3.29. The van der Waals surface area contributed by atoms with Crippen molar-refractivity contribution in [3.8, 4) is 0 Å². The van der Waals surface area contributed by atoms with E-state index in [4.69, 9.17) is 5.73 Å². The van der Waals surface area contributed by atoms with Crippen LogP contribution in [0.1, 0.15) is 28.8 Å². The molecule has 0 saturated carbocycles. The normalized spacial score (nSPS) is 11.9. The first-order valence-corrected chi connectivity index (χ1v) is 4.68. The number of rotatable bonds is 3. The van der Waals surface area contributed by atoms with Gasteiger partial charge in [0.1, 0.15) is 0 Å². The first kappa shape index (κ1) is 11.2. The minimum atomic E-state index is -0.513. The number of hydrogen-bond donors (Lipinski definition) is 2. The molecule has 0 aliphatic heterocycles. The maximum Gasteiger partial charge on any atom is 0.249 e. The van der Waals surface area contributed by atoms with Gasteiger partial charge in [-0.2, -0.15) is 0 Å². The number of primary amides is 1. The average Bonchev–Trinajstić information content (AvgIpc) is 2.27. The Kier molecular flexibility index (Phi) is 3.44. The fourth-order valence-electron chi connectivity index (χ4n) is 1.46. The molecule has 0 unspecified atom stereocenters. The van der Waals surface area contributed by atoms with E-state index in [2.05, 4.69) is 5.32 Å². The Morgan fingerprint density at radius 2 is 1.93 bits per heavy atom. The summed E-state index contributed by atoms with van der Waals surface area (Å²) in [6, 6.07) is 6.86. The van der Waals surface area contributed by atoms with Gasteiger partial charge in [-0.05, 0) is 18.6 Å². The van der Waals surface area contributed by atoms with E-state index >= 15 is 0 Å². The van der Waals surface area contributed by atoms with Crippen molar-refractivity contribution in [1.29, 1.82) is 0 Å². The molecule has 0 heterocycles. The molecule has 0 radical (unpaired) electrons. The molecule has 3 N–H and O–H groups in total. The molecule has 0 spiro atoms. The summed E-state index contributed by atoms with van der Waals surface area (Å²) in [5.41, 5.74) is 6.28. The molecule has 1 aromatic carbocycles. The molecule has 2 amide bonds. The van der Waals surface area contributed by atoms with Crippen LogP contribution in [0.4, 0.5) is 0 Å². The summed E-state index contributed by atoms with van der Waals surface area (Å²) in [4.78, 5) is 22.6. The van der Waals surface area contributed by atoms with Gasteiger partial charge in [0.15, 0.2) is 0 Å². The third kappa shape index (κ3) is 2.34. The van der Waals surface area contributed by atoms with Crippen LogP contribution in [0, 0.1) is 0 Å². The Morgan fingerprint density at radius 1 is 1.33 bits per heavy atom. The fourth-order valence-corrected chi connectivity index (χ4v) is 1.46. The predicted molar refractivity (Wildman–Crippen MR) is 57.4 cm³/mol. The minimum absolute atomic E-state index is 0.135. The number of nitrogens with one attached hydrogen (secondary N) is 1. The summed E-state index contributed by atoms with van der Waals surface area (Å²) < 4.78 is 0. The van der Waals surface area contributed by atoms with E-state index in [1.165, 1.54) is 0 Å². The first-order chi connectivity index (χ1) is 7.07. The second kappa shape index (κ2) is 4.59. The van der Waals surface area contributed by atoms with Crippen molar-refractivity contribution in [2.24, 2.45) is 5.73 Å². The van der Waals surface area contributed by atoms with Gasteiger partial charge in [-0.25, -0.2) is 0 Å². The van der Waals surface area contributed by atoms with Gasteiger partial charge in [0.05, 0.1) is 5.92 Å². The molecule has 0 aliphatic carbocycles. The molecule has 1 atom stereocenters. The molecule has 0 aliphatic rings. The summed E-state index contributed by atoms with van der Waals surface area (Å²) in [5, 5.41) is 2.54. The lowest BCUT2D eigenvalue weighted by Crippen LogP contribution is -2.26. The van der Waals surface area contributed by atoms with Crippen molar-refractivity contribution in [2.45, 2.75) is 12.8 Å². The zero-order chi connectivity index (χ0) is 11.4. The number of benzene rings is 1. The lowest BCUT2D eigenvalue weighted by molar-refractivity contribution is -0.121. The Hall–Kier alpha value is -1.84. The third-order valence-electron chi connectivity index (χ3n) is 2.33. The molecule has 1 rings (SSSR count). The molecule has 4 nitrogen and oxygen atoms in total. The lowest BCUT2D eigenvalue weighted by Gasteiger charge is -2.13. The molecule has 0 bridgehead atoms. The maximum absolute atomic E-state index is 11.4. The number of carbonyl (C=O) groups is 2. The van der Waals surface area contributed by atoms with Crippen molar-refractivity contribution in [1.82, 2.24) is 5.32 Å². The quantitative estimate of drug-likeness (QED) is 0.761. The van der Waals surface area contributed by atoms with Crippen LogP contribution in [0.3, 0.4) is 0 Å². The molecule has 0 aromatic heterocycles. The maximum atomic E-state index is 11.4. The van der Waals surface area contributed by atoms with Crippen LogP contribution in [0.5, 0.6) is 0 Å². The van der Waals surface area contributed by atoms with E-state index < -0.39 is 5.91 Å². The highest BCUT2D eigenvalue weighted by Gasteiger charge is 2.18. The smallest absolute Gasteiger partial charge is 0.249 e. The Morgan fingerprint density at radius 3 is 2.47 bits per heavy atom. The molecule has 0 saturated heterocycles. The topological polar surface area (TPSA) is 72.2 Å². The van der Waals surface area contributed by atoms with Crippen LogP contribution in [0.2, 0.25) is 0 Å². The Bertz CT molecular complexity index is 388. The zero-order valence-electron chi connectivity index (χ0n) is 8.78. The fraction of sp³-hybridized carbons (Fsp3) is 0.273. The number of carbonyl (C=O) groups excluding carboxylic acids is 2. The van der Waals surface area contributed by atoms with Gasteiger partial charge in [-0.3, -0.25) is 9.59 Å². The predicted octanol–water partition coefficient (Wildman–Crippen LogP) is 0.635. The van der Waals surface area contributed by atoms with Crippen LogP contribution in [0.15, 0.2) is 24.3 Å².